The second kappa shape index (κ2) is 6.51. The molecule has 0 radical (unpaired) electrons. The van der Waals surface area contributed by atoms with E-state index in [9.17, 15) is 5.11 Å². The summed E-state index contributed by atoms with van der Waals surface area (Å²) < 4.78 is 19.6. The quantitative estimate of drug-likeness (QED) is 0.596. The van der Waals surface area contributed by atoms with Gasteiger partial charge in [-0.2, -0.15) is 0 Å². The van der Waals surface area contributed by atoms with Crippen LogP contribution >= 0.6 is 0 Å². The monoisotopic (exact) mass is 356 g/mol. The summed E-state index contributed by atoms with van der Waals surface area (Å²) in [7, 11) is -2.47. The Morgan fingerprint density at radius 2 is 1.62 bits per heavy atom. The summed E-state index contributed by atoms with van der Waals surface area (Å²) in [6.45, 7) is 18.1. The number of ether oxygens (including phenoxy) is 1. The molecule has 0 aliphatic carbocycles. The fraction of sp³-hybridized carbons (Fsp3) is 0.895. The second-order valence-electron chi connectivity index (χ2n) is 9.98. The summed E-state index contributed by atoms with van der Waals surface area (Å²) in [4.78, 5) is 0. The first-order chi connectivity index (χ1) is 10.8. The van der Waals surface area contributed by atoms with Gasteiger partial charge in [0.1, 0.15) is 6.10 Å². The molecule has 140 valence electrons. The third-order valence-electron chi connectivity index (χ3n) is 5.39. The van der Waals surface area contributed by atoms with Crippen LogP contribution in [-0.2, 0) is 13.6 Å². The third-order valence-corrected chi connectivity index (χ3v) is 10.5. The molecular weight excluding hydrogens is 320 g/mol. The lowest BCUT2D eigenvalue weighted by molar-refractivity contribution is -0.145. The van der Waals surface area contributed by atoms with Gasteiger partial charge < -0.3 is 18.7 Å². The standard InChI is InChI=1S/C19H36O4Si/c1-17(2,3)24(18(4,5)6)21-12-15-14(23-24)10-9-11-16(22-15)19(7,8)13-20/h9-10,14-16,20H,11-13H2,1-8H3/t14-,15-,16+/m1/s1. The van der Waals surface area contributed by atoms with Crippen LogP contribution in [0.4, 0.5) is 0 Å². The fourth-order valence-corrected chi connectivity index (χ4v) is 8.90. The van der Waals surface area contributed by atoms with Crippen molar-refractivity contribution in [3.8, 4) is 0 Å². The molecule has 2 heterocycles. The molecule has 0 aromatic carbocycles. The lowest BCUT2D eigenvalue weighted by atomic mass is 9.85. The maximum Gasteiger partial charge on any atom is 0.349 e. The SMILES string of the molecule is CC(C)(CO)[C@@H]1CC=C[C@H]2O[Si](C(C)(C)C)(C(C)(C)C)OC[C@H]2O1. The summed E-state index contributed by atoms with van der Waals surface area (Å²) in [6, 6.07) is 0. The maximum absolute atomic E-state index is 9.67. The summed E-state index contributed by atoms with van der Waals surface area (Å²) in [6.07, 6.45) is 4.90. The van der Waals surface area contributed by atoms with Crippen molar-refractivity contribution in [3.63, 3.8) is 0 Å². The molecule has 0 amide bonds. The predicted octanol–water partition coefficient (Wildman–Crippen LogP) is 4.18. The molecule has 1 saturated heterocycles. The van der Waals surface area contributed by atoms with Crippen molar-refractivity contribution in [2.75, 3.05) is 13.2 Å². The van der Waals surface area contributed by atoms with Crippen molar-refractivity contribution in [2.24, 2.45) is 5.41 Å². The molecule has 24 heavy (non-hydrogen) atoms. The Labute approximate surface area is 148 Å². The van der Waals surface area contributed by atoms with Gasteiger partial charge in [-0.3, -0.25) is 0 Å². The summed E-state index contributed by atoms with van der Waals surface area (Å²) in [5, 5.41) is 9.62. The highest BCUT2D eigenvalue weighted by molar-refractivity contribution is 6.73. The summed E-state index contributed by atoms with van der Waals surface area (Å²) in [5.74, 6) is 0. The van der Waals surface area contributed by atoms with Crippen molar-refractivity contribution in [1.82, 2.24) is 0 Å². The Balaban J connectivity index is 2.26. The lowest BCUT2D eigenvalue weighted by Gasteiger charge is -2.54. The Kier molecular flexibility index (Phi) is 5.45. The summed E-state index contributed by atoms with van der Waals surface area (Å²) in [5.41, 5.74) is -0.279. The molecular formula is C19H36O4Si. The van der Waals surface area contributed by atoms with Crippen molar-refractivity contribution in [3.05, 3.63) is 12.2 Å². The van der Waals surface area contributed by atoms with Gasteiger partial charge in [0, 0.05) is 15.5 Å². The highest BCUT2D eigenvalue weighted by atomic mass is 28.4. The summed E-state index contributed by atoms with van der Waals surface area (Å²) >= 11 is 0. The van der Waals surface area contributed by atoms with E-state index in [0.29, 0.717) is 6.61 Å². The largest absolute Gasteiger partial charge is 0.396 e. The number of fused-ring (bicyclic) bond motifs is 1. The van der Waals surface area contributed by atoms with Crippen molar-refractivity contribution in [1.29, 1.82) is 0 Å². The van der Waals surface area contributed by atoms with Crippen LogP contribution in [0.1, 0.15) is 61.8 Å². The molecule has 3 atom stereocenters. The van der Waals surface area contributed by atoms with E-state index in [0.717, 1.165) is 6.42 Å². The molecule has 0 saturated carbocycles. The van der Waals surface area contributed by atoms with Gasteiger partial charge in [0.05, 0.1) is 25.4 Å². The van der Waals surface area contributed by atoms with Gasteiger partial charge in [0.25, 0.3) is 0 Å². The zero-order chi connectivity index (χ0) is 18.4. The number of hydrogen-bond donors (Lipinski definition) is 1. The minimum Gasteiger partial charge on any atom is -0.396 e. The molecule has 1 fully saturated rings. The Morgan fingerprint density at radius 3 is 2.12 bits per heavy atom. The average molecular weight is 357 g/mol. The molecule has 0 aromatic heterocycles. The van der Waals surface area contributed by atoms with Gasteiger partial charge in [-0.05, 0) is 6.42 Å². The lowest BCUT2D eigenvalue weighted by Crippen LogP contribution is -2.65. The van der Waals surface area contributed by atoms with Crippen LogP contribution < -0.4 is 0 Å². The Bertz CT molecular complexity index is 459. The first kappa shape index (κ1) is 20.1. The minimum atomic E-state index is -2.47. The third kappa shape index (κ3) is 3.51. The van der Waals surface area contributed by atoms with Crippen molar-refractivity contribution >= 4 is 8.56 Å². The van der Waals surface area contributed by atoms with Gasteiger partial charge in [-0.1, -0.05) is 67.5 Å². The van der Waals surface area contributed by atoms with E-state index < -0.39 is 8.56 Å². The number of aliphatic hydroxyl groups is 1. The smallest absolute Gasteiger partial charge is 0.349 e. The maximum atomic E-state index is 9.67. The number of aliphatic hydroxyl groups excluding tert-OH is 1. The highest BCUT2D eigenvalue weighted by Gasteiger charge is 2.62. The van der Waals surface area contributed by atoms with Gasteiger partial charge >= 0.3 is 8.56 Å². The minimum absolute atomic E-state index is 0.0276. The normalized spacial score (nSPS) is 31.5. The van der Waals surface area contributed by atoms with Crippen LogP contribution in [0.25, 0.3) is 0 Å². The van der Waals surface area contributed by atoms with Crippen molar-refractivity contribution in [2.45, 2.75) is 90.2 Å². The van der Waals surface area contributed by atoms with E-state index >= 15 is 0 Å². The van der Waals surface area contributed by atoms with Gasteiger partial charge in [0.15, 0.2) is 0 Å². The van der Waals surface area contributed by atoms with Crippen LogP contribution in [0.2, 0.25) is 10.1 Å². The van der Waals surface area contributed by atoms with E-state index in [2.05, 4.69) is 53.7 Å². The van der Waals surface area contributed by atoms with Crippen LogP contribution in [-0.4, -0.2) is 45.2 Å². The van der Waals surface area contributed by atoms with Gasteiger partial charge in [0.2, 0.25) is 0 Å². The average Bonchev–Trinajstić information content (AvgIpc) is 2.66. The molecule has 2 aliphatic heterocycles. The number of rotatable bonds is 2. The van der Waals surface area contributed by atoms with Crippen molar-refractivity contribution < 1.29 is 18.7 Å². The zero-order valence-electron chi connectivity index (χ0n) is 16.7. The predicted molar refractivity (Wildman–Crippen MR) is 99.3 cm³/mol. The molecule has 2 aliphatic rings. The topological polar surface area (TPSA) is 47.9 Å². The van der Waals surface area contributed by atoms with Crippen LogP contribution in [0, 0.1) is 5.41 Å². The van der Waals surface area contributed by atoms with E-state index in [-0.39, 0.29) is 40.4 Å². The molecule has 2 rings (SSSR count). The molecule has 0 unspecified atom stereocenters. The molecule has 0 spiro atoms. The molecule has 4 nitrogen and oxygen atoms in total. The second-order valence-corrected chi connectivity index (χ2v) is 14.7. The first-order valence-electron chi connectivity index (χ1n) is 9.09. The first-order valence-corrected chi connectivity index (χ1v) is 10.9. The van der Waals surface area contributed by atoms with E-state index in [1.807, 2.05) is 13.8 Å². The van der Waals surface area contributed by atoms with Gasteiger partial charge in [-0.15, -0.1) is 0 Å². The molecule has 1 N–H and O–H groups in total. The Hall–Kier alpha value is -0.203. The highest BCUT2D eigenvalue weighted by Crippen LogP contribution is 2.54. The number of hydrogen-bond acceptors (Lipinski definition) is 4. The van der Waals surface area contributed by atoms with Crippen LogP contribution in [0.3, 0.4) is 0 Å². The molecule has 0 bridgehead atoms. The van der Waals surface area contributed by atoms with E-state index in [1.165, 1.54) is 0 Å². The fourth-order valence-electron chi connectivity index (χ4n) is 4.00. The molecule has 5 heteroatoms. The molecule has 0 aromatic rings. The van der Waals surface area contributed by atoms with Crippen LogP contribution in [0.5, 0.6) is 0 Å². The van der Waals surface area contributed by atoms with E-state index in [4.69, 9.17) is 13.6 Å². The van der Waals surface area contributed by atoms with Gasteiger partial charge in [-0.25, -0.2) is 0 Å². The Morgan fingerprint density at radius 1 is 1.04 bits per heavy atom. The zero-order valence-corrected chi connectivity index (χ0v) is 17.7. The van der Waals surface area contributed by atoms with E-state index in [1.54, 1.807) is 0 Å². The van der Waals surface area contributed by atoms with Crippen LogP contribution in [0.15, 0.2) is 12.2 Å².